The normalized spacial score (nSPS) is 16.5. The first-order chi connectivity index (χ1) is 31.9. The minimum absolute atomic E-state index is 0.0258. The van der Waals surface area contributed by atoms with Crippen LogP contribution < -0.4 is 15.7 Å². The number of aromatic nitrogens is 2. The molecule has 0 aliphatic carbocycles. The SMILES string of the molecule is CC(C)COc1ccc(COC(=O)CN(C)[P@](=O)(OC[C@@H]2CN(C(c3ccccc3)(c3ccccc3)c3ccccc3)C[C@H](n3ccc(NC(=O)c4ccccc4)nc3=O)O2)N(C)C)cc1. The van der Waals surface area contributed by atoms with E-state index in [2.05, 4.69) is 65.4 Å². The number of likely N-dealkylation sites (N-methyl/N-ethyl adjacent to an activating group) is 1. The third kappa shape index (κ3) is 11.2. The highest BCUT2D eigenvalue weighted by Gasteiger charge is 2.47. The van der Waals surface area contributed by atoms with Crippen molar-refractivity contribution in [2.45, 2.75) is 38.3 Å². The summed E-state index contributed by atoms with van der Waals surface area (Å²) in [4.78, 5) is 46.7. The maximum atomic E-state index is 14.8. The van der Waals surface area contributed by atoms with Gasteiger partial charge in [0.2, 0.25) is 0 Å². The molecule has 1 aliphatic heterocycles. The molecule has 6 aromatic rings. The van der Waals surface area contributed by atoms with Crippen LogP contribution in [0, 0.1) is 5.92 Å². The van der Waals surface area contributed by atoms with Crippen molar-refractivity contribution in [3.05, 3.63) is 196 Å². The summed E-state index contributed by atoms with van der Waals surface area (Å²) in [6, 6.07) is 48.0. The van der Waals surface area contributed by atoms with E-state index in [1.807, 2.05) is 84.9 Å². The first-order valence-electron chi connectivity index (χ1n) is 21.9. The molecule has 66 heavy (non-hydrogen) atoms. The standard InChI is InChI=1S/C51H57N6O8P/c1-38(2)35-62-44-28-26-39(27-29-44)36-63-48(58)34-55(5)66(61,54(3)4)64-37-45-32-56(33-47(65-45)57-31-30-46(53-50(57)60)52-49(59)40-18-10-6-11-19-40)51(41-20-12-7-13-21-41,42-22-14-8-15-23-42)43-24-16-9-17-25-43/h6-31,38,45,47H,32-37H2,1-5H3,(H,52,53,59,60)/t45-,47+,66+/m0/s1. The number of carbonyl (C=O) groups excluding carboxylic acids is 2. The van der Waals surface area contributed by atoms with Crippen molar-refractivity contribution < 1.29 is 32.9 Å². The fraction of sp³-hybridized carbons (Fsp3) is 0.294. The van der Waals surface area contributed by atoms with Crippen LogP contribution in [-0.4, -0.2) is 95.8 Å². The van der Waals surface area contributed by atoms with Crippen LogP contribution in [0.25, 0.3) is 0 Å². The summed E-state index contributed by atoms with van der Waals surface area (Å²) < 4.78 is 43.5. The van der Waals surface area contributed by atoms with Gasteiger partial charge in [-0.2, -0.15) is 4.98 Å². The molecule has 1 aliphatic rings. The van der Waals surface area contributed by atoms with Gasteiger partial charge in [0.15, 0.2) is 6.23 Å². The molecule has 7 rings (SSSR count). The molecular formula is C51H57N6O8P. The topological polar surface area (TPSA) is 145 Å². The summed E-state index contributed by atoms with van der Waals surface area (Å²) in [5.74, 6) is 0.216. The molecule has 0 radical (unpaired) electrons. The van der Waals surface area contributed by atoms with E-state index >= 15 is 0 Å². The number of esters is 1. The van der Waals surface area contributed by atoms with Crippen LogP contribution >= 0.6 is 7.67 Å². The molecule has 15 heteroatoms. The van der Waals surface area contributed by atoms with Crippen molar-refractivity contribution in [2.75, 3.05) is 59.3 Å². The second-order valence-corrected chi connectivity index (χ2v) is 19.4. The molecule has 344 valence electrons. The summed E-state index contributed by atoms with van der Waals surface area (Å²) in [6.07, 6.45) is -0.148. The fourth-order valence-corrected chi connectivity index (χ4v) is 9.73. The molecule has 1 N–H and O–H groups in total. The maximum Gasteiger partial charge on any atom is 0.351 e. The molecule has 2 heterocycles. The Bertz CT molecular complexity index is 2520. The Labute approximate surface area is 386 Å². The number of carbonyl (C=O) groups is 2. The number of hydrogen-bond acceptors (Lipinski definition) is 10. The van der Waals surface area contributed by atoms with E-state index < -0.39 is 43.1 Å². The molecule has 0 saturated carbocycles. The van der Waals surface area contributed by atoms with Gasteiger partial charge in [-0.25, -0.2) is 14.1 Å². The Hall–Kier alpha value is -6.25. The van der Waals surface area contributed by atoms with Gasteiger partial charge in [0.1, 0.15) is 24.7 Å². The number of hydrogen-bond donors (Lipinski definition) is 1. The lowest BCUT2D eigenvalue weighted by Gasteiger charge is -2.50. The van der Waals surface area contributed by atoms with Gasteiger partial charge in [-0.1, -0.05) is 135 Å². The number of morpholine rings is 1. The first-order valence-corrected chi connectivity index (χ1v) is 23.4. The van der Waals surface area contributed by atoms with Crippen molar-refractivity contribution in [1.29, 1.82) is 0 Å². The van der Waals surface area contributed by atoms with E-state index in [9.17, 15) is 18.9 Å². The molecule has 14 nitrogen and oxygen atoms in total. The molecule has 1 amide bonds. The average Bonchev–Trinajstić information content (AvgIpc) is 3.33. The Morgan fingerprint density at radius 1 is 0.803 bits per heavy atom. The van der Waals surface area contributed by atoms with E-state index in [0.29, 0.717) is 18.1 Å². The summed E-state index contributed by atoms with van der Waals surface area (Å²) >= 11 is 0. The number of amides is 1. The zero-order valence-electron chi connectivity index (χ0n) is 37.9. The highest BCUT2D eigenvalue weighted by molar-refractivity contribution is 7.53. The molecule has 1 fully saturated rings. The lowest BCUT2D eigenvalue weighted by Crippen LogP contribution is -2.58. The van der Waals surface area contributed by atoms with Crippen LogP contribution in [0.1, 0.15) is 52.7 Å². The van der Waals surface area contributed by atoms with Crippen LogP contribution in [0.15, 0.2) is 163 Å². The molecule has 3 atom stereocenters. The summed E-state index contributed by atoms with van der Waals surface area (Å²) in [7, 11) is 0.921. The Kier molecular flexibility index (Phi) is 15.8. The lowest BCUT2D eigenvalue weighted by molar-refractivity contribution is -0.149. The Morgan fingerprint density at radius 2 is 1.36 bits per heavy atom. The van der Waals surface area contributed by atoms with E-state index in [1.165, 1.54) is 13.9 Å². The van der Waals surface area contributed by atoms with Gasteiger partial charge in [-0.15, -0.1) is 0 Å². The van der Waals surface area contributed by atoms with Crippen molar-refractivity contribution in [3.8, 4) is 5.75 Å². The van der Waals surface area contributed by atoms with Gasteiger partial charge in [0.05, 0.1) is 24.9 Å². The number of nitrogens with zero attached hydrogens (tertiary/aromatic N) is 5. The van der Waals surface area contributed by atoms with Crippen LogP contribution in [0.2, 0.25) is 0 Å². The minimum atomic E-state index is -3.87. The average molecular weight is 913 g/mol. The number of benzene rings is 5. The summed E-state index contributed by atoms with van der Waals surface area (Å²) in [5, 5.41) is 2.72. The van der Waals surface area contributed by atoms with E-state index in [4.69, 9.17) is 18.7 Å². The second kappa shape index (κ2) is 21.8. The van der Waals surface area contributed by atoms with Gasteiger partial charge in [-0.3, -0.25) is 23.6 Å². The Balaban J connectivity index is 1.17. The van der Waals surface area contributed by atoms with Crippen LogP contribution in [0.5, 0.6) is 5.75 Å². The summed E-state index contributed by atoms with van der Waals surface area (Å²) in [6.45, 7) is 4.74. The van der Waals surface area contributed by atoms with Gasteiger partial charge in [0.25, 0.3) is 5.91 Å². The number of ether oxygens (including phenoxy) is 3. The number of nitrogens with one attached hydrogen (secondary N) is 1. The first kappa shape index (κ1) is 47.7. The van der Waals surface area contributed by atoms with Gasteiger partial charge in [0, 0.05) is 24.8 Å². The third-order valence-corrected chi connectivity index (χ3v) is 13.7. The van der Waals surface area contributed by atoms with Crippen molar-refractivity contribution >= 4 is 25.4 Å². The molecule has 0 bridgehead atoms. The number of anilines is 1. The van der Waals surface area contributed by atoms with Crippen LogP contribution in [0.4, 0.5) is 5.82 Å². The molecule has 5 aromatic carbocycles. The molecule has 1 aromatic heterocycles. The van der Waals surface area contributed by atoms with Crippen molar-refractivity contribution in [3.63, 3.8) is 0 Å². The molecular weight excluding hydrogens is 856 g/mol. The second-order valence-electron chi connectivity index (χ2n) is 16.7. The van der Waals surface area contributed by atoms with Crippen molar-refractivity contribution in [1.82, 2.24) is 23.8 Å². The van der Waals surface area contributed by atoms with Crippen molar-refractivity contribution in [2.24, 2.45) is 5.92 Å². The smallest absolute Gasteiger partial charge is 0.351 e. The summed E-state index contributed by atoms with van der Waals surface area (Å²) in [5.41, 5.74) is 2.55. The van der Waals surface area contributed by atoms with Gasteiger partial charge in [-0.05, 0) is 79.6 Å². The predicted molar refractivity (Wildman–Crippen MR) is 254 cm³/mol. The highest BCUT2D eigenvalue weighted by Crippen LogP contribution is 2.52. The number of rotatable bonds is 19. The zero-order valence-corrected chi connectivity index (χ0v) is 38.8. The van der Waals surface area contributed by atoms with Crippen LogP contribution in [-0.2, 0) is 35.5 Å². The maximum absolute atomic E-state index is 14.8. The van der Waals surface area contributed by atoms with Gasteiger partial charge < -0.3 is 24.1 Å². The van der Waals surface area contributed by atoms with E-state index in [-0.39, 0.29) is 38.7 Å². The molecule has 1 saturated heterocycles. The highest BCUT2D eigenvalue weighted by atomic mass is 31.2. The quantitative estimate of drug-likeness (QED) is 0.0477. The fourth-order valence-electron chi connectivity index (χ4n) is 8.03. The monoisotopic (exact) mass is 912 g/mol. The lowest BCUT2D eigenvalue weighted by atomic mass is 9.75. The van der Waals surface area contributed by atoms with Gasteiger partial charge >= 0.3 is 19.3 Å². The van der Waals surface area contributed by atoms with E-state index in [1.54, 1.807) is 57.7 Å². The molecule has 0 unspecified atom stereocenters. The van der Waals surface area contributed by atoms with E-state index in [0.717, 1.165) is 28.0 Å². The zero-order chi connectivity index (χ0) is 46.7. The minimum Gasteiger partial charge on any atom is -0.493 e. The third-order valence-electron chi connectivity index (χ3n) is 11.2. The largest absolute Gasteiger partial charge is 0.493 e. The van der Waals surface area contributed by atoms with Crippen LogP contribution in [0.3, 0.4) is 0 Å². The Morgan fingerprint density at radius 3 is 1.89 bits per heavy atom. The predicted octanol–water partition coefficient (Wildman–Crippen LogP) is 8.08. The molecule has 0 spiro atoms.